The molecule has 0 aliphatic rings. The van der Waals surface area contributed by atoms with Gasteiger partial charge in [-0.1, -0.05) is 103 Å². The van der Waals surface area contributed by atoms with E-state index in [2.05, 4.69) is 99.6 Å². The highest BCUT2D eigenvalue weighted by molar-refractivity contribution is 5.75. The summed E-state index contributed by atoms with van der Waals surface area (Å²) in [7, 11) is 0. The number of aromatic nitrogens is 2. The predicted molar refractivity (Wildman–Crippen MR) is 134 cm³/mol. The van der Waals surface area contributed by atoms with E-state index in [-0.39, 0.29) is 0 Å². The van der Waals surface area contributed by atoms with E-state index in [9.17, 15) is 0 Å². The van der Waals surface area contributed by atoms with Crippen LogP contribution in [0.3, 0.4) is 0 Å². The van der Waals surface area contributed by atoms with Gasteiger partial charge in [-0.15, -0.1) is 0 Å². The van der Waals surface area contributed by atoms with Gasteiger partial charge in [-0.2, -0.15) is 0 Å². The first-order valence-electron chi connectivity index (χ1n) is 12.1. The summed E-state index contributed by atoms with van der Waals surface area (Å²) in [4.78, 5) is 4.65. The highest BCUT2D eigenvalue weighted by atomic mass is 15.1. The molecule has 0 N–H and O–H groups in total. The maximum Gasteiger partial charge on any atom is 0.109 e. The van der Waals surface area contributed by atoms with E-state index in [0.717, 1.165) is 24.9 Å². The second-order valence-electron chi connectivity index (χ2n) is 7.86. The Morgan fingerprint density at radius 3 is 1.83 bits per heavy atom. The number of fused-ring (bicyclic) bond motifs is 1. The molecule has 2 nitrogen and oxygen atoms in total. The standard InChI is InChI=1S/C13H18N2.C9H12.C6H14/c1-3-5-10-15-12-9-7-6-8-11(12)14-13(15)4-2;1-3-9-7-5-4-6-8(9)2;1-3-5-6-4-2/h6-9H,3-5,10H2,1-2H3;4-7H,3H2,1-2H3;3-6H2,1-2H3. The topological polar surface area (TPSA) is 17.8 Å². The highest BCUT2D eigenvalue weighted by Gasteiger charge is 2.07. The van der Waals surface area contributed by atoms with Crippen molar-refractivity contribution in [2.75, 3.05) is 0 Å². The van der Waals surface area contributed by atoms with Crippen LogP contribution >= 0.6 is 0 Å². The number of hydrogen-bond acceptors (Lipinski definition) is 1. The molecular formula is C28H44N2. The molecule has 0 amide bonds. The first-order chi connectivity index (χ1) is 14.6. The average Bonchev–Trinajstić information content (AvgIpc) is 3.15. The van der Waals surface area contributed by atoms with Crippen molar-refractivity contribution in [3.63, 3.8) is 0 Å². The normalized spacial score (nSPS) is 10.2. The Kier molecular flexibility index (Phi) is 13.6. The molecule has 0 aliphatic heterocycles. The van der Waals surface area contributed by atoms with Crippen molar-refractivity contribution in [2.24, 2.45) is 0 Å². The van der Waals surface area contributed by atoms with E-state index in [4.69, 9.17) is 0 Å². The number of unbranched alkanes of at least 4 members (excludes halogenated alkanes) is 4. The summed E-state index contributed by atoms with van der Waals surface area (Å²) in [5.41, 5.74) is 5.27. The SMILES string of the molecule is CCCCCC.CCCCn1c(CC)nc2ccccc21.CCc1ccccc1C. The molecule has 0 aliphatic carbocycles. The van der Waals surface area contributed by atoms with Crippen LogP contribution < -0.4 is 0 Å². The monoisotopic (exact) mass is 408 g/mol. The molecule has 0 spiro atoms. The lowest BCUT2D eigenvalue weighted by atomic mass is 10.1. The van der Waals surface area contributed by atoms with Crippen molar-refractivity contribution in [1.29, 1.82) is 0 Å². The molecule has 3 rings (SSSR count). The lowest BCUT2D eigenvalue weighted by molar-refractivity contribution is 0.620. The molecule has 1 heterocycles. The van der Waals surface area contributed by atoms with E-state index in [1.807, 2.05) is 0 Å². The summed E-state index contributed by atoms with van der Waals surface area (Å²) in [5.74, 6) is 1.21. The largest absolute Gasteiger partial charge is 0.328 e. The summed E-state index contributed by atoms with van der Waals surface area (Å²) in [6, 6.07) is 16.9. The van der Waals surface area contributed by atoms with Crippen LogP contribution in [0.25, 0.3) is 11.0 Å². The Morgan fingerprint density at radius 2 is 1.30 bits per heavy atom. The first-order valence-corrected chi connectivity index (χ1v) is 12.1. The maximum atomic E-state index is 4.65. The van der Waals surface area contributed by atoms with Gasteiger partial charge in [0.05, 0.1) is 11.0 Å². The fraction of sp³-hybridized carbons (Fsp3) is 0.536. The molecule has 3 aromatic rings. The second-order valence-corrected chi connectivity index (χ2v) is 7.86. The van der Waals surface area contributed by atoms with Crippen LogP contribution in [-0.2, 0) is 19.4 Å². The Labute approximate surface area is 185 Å². The first kappa shape index (κ1) is 25.9. The summed E-state index contributed by atoms with van der Waals surface area (Å²) < 4.78 is 2.36. The van der Waals surface area contributed by atoms with Gasteiger partial charge in [0.1, 0.15) is 5.82 Å². The maximum absolute atomic E-state index is 4.65. The van der Waals surface area contributed by atoms with Crippen LogP contribution in [0.15, 0.2) is 48.5 Å². The smallest absolute Gasteiger partial charge is 0.109 e. The molecule has 0 saturated carbocycles. The second kappa shape index (κ2) is 15.7. The third-order valence-electron chi connectivity index (χ3n) is 5.38. The van der Waals surface area contributed by atoms with Crippen molar-refractivity contribution in [1.82, 2.24) is 9.55 Å². The minimum atomic E-state index is 1.01. The van der Waals surface area contributed by atoms with Gasteiger partial charge < -0.3 is 4.57 Å². The van der Waals surface area contributed by atoms with E-state index < -0.39 is 0 Å². The summed E-state index contributed by atoms with van der Waals surface area (Å²) in [5, 5.41) is 0. The number of hydrogen-bond donors (Lipinski definition) is 0. The number of benzene rings is 2. The van der Waals surface area contributed by atoms with Crippen molar-refractivity contribution >= 4 is 11.0 Å². The minimum absolute atomic E-state index is 1.01. The number of para-hydroxylation sites is 2. The molecule has 0 unspecified atom stereocenters. The molecule has 0 saturated heterocycles. The van der Waals surface area contributed by atoms with Gasteiger partial charge in [0.15, 0.2) is 0 Å². The van der Waals surface area contributed by atoms with Gasteiger partial charge in [0.2, 0.25) is 0 Å². The van der Waals surface area contributed by atoms with Crippen LogP contribution in [0.5, 0.6) is 0 Å². The zero-order valence-electron chi connectivity index (χ0n) is 20.4. The van der Waals surface area contributed by atoms with E-state index in [1.165, 1.54) is 61.0 Å². The quantitative estimate of drug-likeness (QED) is 0.341. The lowest BCUT2D eigenvalue weighted by Gasteiger charge is -2.06. The zero-order chi connectivity index (χ0) is 22.2. The number of nitrogens with zero attached hydrogens (tertiary/aromatic N) is 2. The van der Waals surface area contributed by atoms with Gasteiger partial charge in [-0.25, -0.2) is 4.98 Å². The Morgan fingerprint density at radius 1 is 0.700 bits per heavy atom. The van der Waals surface area contributed by atoms with Crippen molar-refractivity contribution in [3.8, 4) is 0 Å². The molecule has 1 aromatic heterocycles. The van der Waals surface area contributed by atoms with Gasteiger partial charge in [0.25, 0.3) is 0 Å². The molecule has 2 aromatic carbocycles. The van der Waals surface area contributed by atoms with E-state index in [0.29, 0.717) is 0 Å². The minimum Gasteiger partial charge on any atom is -0.328 e. The molecule has 166 valence electrons. The highest BCUT2D eigenvalue weighted by Crippen LogP contribution is 2.17. The van der Waals surface area contributed by atoms with Gasteiger partial charge in [-0.05, 0) is 43.0 Å². The van der Waals surface area contributed by atoms with Crippen LogP contribution in [0.1, 0.15) is 90.1 Å². The van der Waals surface area contributed by atoms with Crippen LogP contribution in [0, 0.1) is 6.92 Å². The molecule has 30 heavy (non-hydrogen) atoms. The fourth-order valence-electron chi connectivity index (χ4n) is 3.47. The van der Waals surface area contributed by atoms with Gasteiger partial charge >= 0.3 is 0 Å². The van der Waals surface area contributed by atoms with Crippen molar-refractivity contribution in [2.45, 2.75) is 99.5 Å². The molecule has 0 bridgehead atoms. The zero-order valence-corrected chi connectivity index (χ0v) is 20.4. The number of rotatable bonds is 8. The Hall–Kier alpha value is -2.09. The van der Waals surface area contributed by atoms with Crippen molar-refractivity contribution in [3.05, 3.63) is 65.5 Å². The molecule has 0 radical (unpaired) electrons. The number of imidazole rings is 1. The van der Waals surface area contributed by atoms with E-state index >= 15 is 0 Å². The molecule has 0 fully saturated rings. The van der Waals surface area contributed by atoms with E-state index in [1.54, 1.807) is 0 Å². The third-order valence-corrected chi connectivity index (χ3v) is 5.38. The Balaban J connectivity index is 0.000000256. The average molecular weight is 409 g/mol. The summed E-state index contributed by atoms with van der Waals surface area (Å²) in [6.45, 7) is 14.3. The lowest BCUT2D eigenvalue weighted by Crippen LogP contribution is -2.02. The molecular weight excluding hydrogens is 364 g/mol. The fourth-order valence-corrected chi connectivity index (χ4v) is 3.47. The third kappa shape index (κ3) is 8.73. The van der Waals surface area contributed by atoms with Crippen molar-refractivity contribution < 1.29 is 0 Å². The van der Waals surface area contributed by atoms with Crippen LogP contribution in [0.4, 0.5) is 0 Å². The molecule has 2 heteroatoms. The molecule has 0 atom stereocenters. The summed E-state index contributed by atoms with van der Waals surface area (Å²) in [6.07, 6.45) is 10.2. The van der Waals surface area contributed by atoms with Gasteiger partial charge in [0, 0.05) is 13.0 Å². The predicted octanol–water partition coefficient (Wildman–Crippen LogP) is 8.54. The Bertz CT molecular complexity index is 812. The van der Waals surface area contributed by atoms with Gasteiger partial charge in [-0.3, -0.25) is 0 Å². The number of aryl methyl sites for hydroxylation is 4. The summed E-state index contributed by atoms with van der Waals surface area (Å²) >= 11 is 0. The van der Waals surface area contributed by atoms with Crippen LogP contribution in [0.2, 0.25) is 0 Å². The van der Waals surface area contributed by atoms with Crippen LogP contribution in [-0.4, -0.2) is 9.55 Å².